The summed E-state index contributed by atoms with van der Waals surface area (Å²) in [7, 11) is -3.58. The smallest absolute Gasteiger partial charge is 0.250 e. The highest BCUT2D eigenvalue weighted by Gasteiger charge is 2.26. The maximum Gasteiger partial charge on any atom is 0.250 e. The van der Waals surface area contributed by atoms with Crippen LogP contribution in [0.3, 0.4) is 0 Å². The van der Waals surface area contributed by atoms with Crippen molar-refractivity contribution in [3.63, 3.8) is 0 Å². The van der Waals surface area contributed by atoms with E-state index in [9.17, 15) is 8.42 Å². The molecule has 4 rings (SSSR count). The zero-order chi connectivity index (χ0) is 17.4. The highest BCUT2D eigenvalue weighted by Crippen LogP contribution is 2.34. The number of nitrogens with one attached hydrogen (secondary N) is 1. The molecule has 0 spiro atoms. The molecule has 0 fully saturated rings. The minimum atomic E-state index is -3.58. The van der Waals surface area contributed by atoms with Crippen molar-refractivity contribution in [3.05, 3.63) is 59.6 Å². The van der Waals surface area contributed by atoms with Gasteiger partial charge in [0, 0.05) is 13.0 Å². The Morgan fingerprint density at radius 2 is 2.08 bits per heavy atom. The summed E-state index contributed by atoms with van der Waals surface area (Å²) in [6, 6.07) is 11.3. The number of aromatic nitrogens is 1. The Morgan fingerprint density at radius 3 is 2.88 bits per heavy atom. The van der Waals surface area contributed by atoms with Crippen LogP contribution in [0, 0.1) is 6.92 Å². The lowest BCUT2D eigenvalue weighted by Crippen LogP contribution is -2.30. The lowest BCUT2D eigenvalue weighted by molar-refractivity contribution is 0.508. The second kappa shape index (κ2) is 6.40. The molecule has 1 N–H and O–H groups in total. The van der Waals surface area contributed by atoms with E-state index < -0.39 is 10.0 Å². The van der Waals surface area contributed by atoms with E-state index in [1.165, 1.54) is 16.9 Å². The molecule has 0 saturated carbocycles. The molecule has 130 valence electrons. The zero-order valence-electron chi connectivity index (χ0n) is 13.7. The van der Waals surface area contributed by atoms with Crippen LogP contribution < -0.4 is 4.72 Å². The highest BCUT2D eigenvalue weighted by molar-refractivity contribution is 7.91. The fourth-order valence-corrected chi connectivity index (χ4v) is 5.71. The Labute approximate surface area is 150 Å². The van der Waals surface area contributed by atoms with Gasteiger partial charge in [-0.15, -0.1) is 11.3 Å². The molecular formula is C18H18N2O3S2. The molecule has 1 aliphatic rings. The van der Waals surface area contributed by atoms with Gasteiger partial charge in [0.15, 0.2) is 11.7 Å². The monoisotopic (exact) mass is 374 g/mol. The average Bonchev–Trinajstić information content (AvgIpc) is 3.24. The van der Waals surface area contributed by atoms with Gasteiger partial charge in [-0.1, -0.05) is 24.3 Å². The Kier molecular flexibility index (Phi) is 4.23. The van der Waals surface area contributed by atoms with Crippen molar-refractivity contribution in [1.82, 2.24) is 9.71 Å². The van der Waals surface area contributed by atoms with E-state index in [1.807, 2.05) is 18.2 Å². The summed E-state index contributed by atoms with van der Waals surface area (Å²) < 4.78 is 34.3. The van der Waals surface area contributed by atoms with Gasteiger partial charge in [0.1, 0.15) is 4.21 Å². The quantitative estimate of drug-likeness (QED) is 0.747. The lowest BCUT2D eigenvalue weighted by atomic mass is 9.88. The van der Waals surface area contributed by atoms with Crippen molar-refractivity contribution in [1.29, 1.82) is 0 Å². The van der Waals surface area contributed by atoms with E-state index in [0.717, 1.165) is 29.7 Å². The molecule has 5 nitrogen and oxygen atoms in total. The molecule has 0 bridgehead atoms. The van der Waals surface area contributed by atoms with Gasteiger partial charge in [-0.05, 0) is 42.5 Å². The van der Waals surface area contributed by atoms with E-state index in [-0.39, 0.29) is 6.04 Å². The molecule has 1 aromatic carbocycles. The number of fused-ring (bicyclic) bond motifs is 1. The SMILES string of the molecule is Cc1ncc(-c2ccc(S(=O)(=O)N[C@H]3CCCc4ccccc43)s2)o1. The van der Waals surface area contributed by atoms with Gasteiger partial charge in [-0.2, -0.15) is 0 Å². The molecule has 1 aliphatic carbocycles. The van der Waals surface area contributed by atoms with E-state index in [1.54, 1.807) is 25.3 Å². The summed E-state index contributed by atoms with van der Waals surface area (Å²) in [4.78, 5) is 4.81. The van der Waals surface area contributed by atoms with Gasteiger partial charge >= 0.3 is 0 Å². The van der Waals surface area contributed by atoms with Crippen LogP contribution in [0.25, 0.3) is 10.6 Å². The first-order valence-corrected chi connectivity index (χ1v) is 10.5. The molecule has 0 unspecified atom stereocenters. The van der Waals surface area contributed by atoms with Crippen molar-refractivity contribution < 1.29 is 12.8 Å². The summed E-state index contributed by atoms with van der Waals surface area (Å²) in [6.07, 6.45) is 4.41. The highest BCUT2D eigenvalue weighted by atomic mass is 32.2. The number of hydrogen-bond donors (Lipinski definition) is 1. The van der Waals surface area contributed by atoms with Gasteiger partial charge in [-0.25, -0.2) is 18.1 Å². The topological polar surface area (TPSA) is 72.2 Å². The Balaban J connectivity index is 1.60. The van der Waals surface area contributed by atoms with Crippen LogP contribution in [-0.2, 0) is 16.4 Å². The number of benzene rings is 1. The van der Waals surface area contributed by atoms with Gasteiger partial charge in [0.2, 0.25) is 0 Å². The third-order valence-corrected chi connectivity index (χ3v) is 7.44. The van der Waals surface area contributed by atoms with Crippen molar-refractivity contribution in [2.45, 2.75) is 36.4 Å². The molecule has 2 aromatic heterocycles. The number of rotatable bonds is 4. The number of hydrogen-bond acceptors (Lipinski definition) is 5. The second-order valence-electron chi connectivity index (χ2n) is 6.13. The number of nitrogens with zero attached hydrogens (tertiary/aromatic N) is 1. The molecule has 2 heterocycles. The van der Waals surface area contributed by atoms with E-state index in [4.69, 9.17) is 4.42 Å². The van der Waals surface area contributed by atoms with Crippen molar-refractivity contribution in [2.24, 2.45) is 0 Å². The first kappa shape index (κ1) is 16.5. The van der Waals surface area contributed by atoms with Crippen LogP contribution in [0.4, 0.5) is 0 Å². The minimum Gasteiger partial charge on any atom is -0.440 e. The molecular weight excluding hydrogens is 356 g/mol. The second-order valence-corrected chi connectivity index (χ2v) is 9.15. The zero-order valence-corrected chi connectivity index (χ0v) is 15.4. The van der Waals surface area contributed by atoms with Crippen LogP contribution in [0.1, 0.15) is 35.9 Å². The summed E-state index contributed by atoms with van der Waals surface area (Å²) in [5.41, 5.74) is 2.31. The van der Waals surface area contributed by atoms with Crippen LogP contribution in [-0.4, -0.2) is 13.4 Å². The Morgan fingerprint density at radius 1 is 1.24 bits per heavy atom. The van der Waals surface area contributed by atoms with Crippen molar-refractivity contribution in [3.8, 4) is 10.6 Å². The van der Waals surface area contributed by atoms with Crippen LogP contribution in [0.5, 0.6) is 0 Å². The lowest BCUT2D eigenvalue weighted by Gasteiger charge is -2.25. The third kappa shape index (κ3) is 3.27. The molecule has 25 heavy (non-hydrogen) atoms. The molecule has 0 amide bonds. The van der Waals surface area contributed by atoms with E-state index in [0.29, 0.717) is 15.9 Å². The molecule has 3 aromatic rings. The number of oxazole rings is 1. The minimum absolute atomic E-state index is 0.173. The Bertz CT molecular complexity index is 1000. The predicted molar refractivity (Wildman–Crippen MR) is 97.0 cm³/mol. The molecule has 0 aliphatic heterocycles. The van der Waals surface area contributed by atoms with Gasteiger partial charge < -0.3 is 4.42 Å². The first-order valence-electron chi connectivity index (χ1n) is 8.16. The maximum atomic E-state index is 12.8. The van der Waals surface area contributed by atoms with Crippen LogP contribution in [0.15, 0.2) is 51.2 Å². The van der Waals surface area contributed by atoms with Crippen LogP contribution >= 0.6 is 11.3 Å². The van der Waals surface area contributed by atoms with Gasteiger partial charge in [0.05, 0.1) is 11.1 Å². The number of aryl methyl sites for hydroxylation is 2. The fourth-order valence-electron chi connectivity index (χ4n) is 3.19. The van der Waals surface area contributed by atoms with Gasteiger partial charge in [0.25, 0.3) is 10.0 Å². The Hall–Kier alpha value is -1.96. The average molecular weight is 374 g/mol. The predicted octanol–water partition coefficient (Wildman–Crippen LogP) is 4.07. The number of thiophene rings is 1. The van der Waals surface area contributed by atoms with E-state index in [2.05, 4.69) is 15.8 Å². The third-order valence-electron chi connectivity index (χ3n) is 4.38. The van der Waals surface area contributed by atoms with Gasteiger partial charge in [-0.3, -0.25) is 0 Å². The molecule has 0 saturated heterocycles. The van der Waals surface area contributed by atoms with Crippen molar-refractivity contribution in [2.75, 3.05) is 0 Å². The standard InChI is InChI=1S/C18H18N2O3S2/c1-12-19-11-16(23-12)17-9-10-18(24-17)25(21,22)20-15-8-4-6-13-5-2-3-7-14(13)15/h2-3,5,7,9-11,15,20H,4,6,8H2,1H3/t15-/m0/s1. The summed E-state index contributed by atoms with van der Waals surface area (Å²) >= 11 is 1.19. The fraction of sp³-hybridized carbons (Fsp3) is 0.278. The maximum absolute atomic E-state index is 12.8. The summed E-state index contributed by atoms with van der Waals surface area (Å²) in [5, 5.41) is 0. The van der Waals surface area contributed by atoms with Crippen LogP contribution in [0.2, 0.25) is 0 Å². The number of sulfonamides is 1. The first-order chi connectivity index (χ1) is 12.0. The summed E-state index contributed by atoms with van der Waals surface area (Å²) in [6.45, 7) is 1.76. The molecule has 7 heteroatoms. The van der Waals surface area contributed by atoms with Crippen molar-refractivity contribution >= 4 is 21.4 Å². The van der Waals surface area contributed by atoms with E-state index >= 15 is 0 Å². The summed E-state index contributed by atoms with van der Waals surface area (Å²) in [5.74, 6) is 1.15. The largest absolute Gasteiger partial charge is 0.440 e. The molecule has 0 radical (unpaired) electrons. The molecule has 1 atom stereocenters. The normalized spacial score (nSPS) is 17.4.